The topological polar surface area (TPSA) is 105 Å². The summed E-state index contributed by atoms with van der Waals surface area (Å²) in [6.07, 6.45) is 0. The number of carbonyl (C=O) groups is 3. The molecule has 0 aliphatic carbocycles. The van der Waals surface area contributed by atoms with E-state index in [1.165, 1.54) is 21.9 Å². The maximum absolute atomic E-state index is 13.3. The van der Waals surface area contributed by atoms with E-state index in [1.54, 1.807) is 48.9 Å². The van der Waals surface area contributed by atoms with Crippen LogP contribution in [0.3, 0.4) is 0 Å². The van der Waals surface area contributed by atoms with E-state index in [4.69, 9.17) is 4.74 Å². The average molecular weight is 470 g/mol. The summed E-state index contributed by atoms with van der Waals surface area (Å²) in [4.78, 5) is 44.6. The molecule has 1 saturated heterocycles. The molecule has 4 aromatic rings. The van der Waals surface area contributed by atoms with E-state index in [9.17, 15) is 19.5 Å². The van der Waals surface area contributed by atoms with E-state index in [2.05, 4.69) is 4.98 Å². The first kappa shape index (κ1) is 22.1. The Labute approximate surface area is 200 Å². The Hall–Kier alpha value is -4.66. The van der Waals surface area contributed by atoms with Crippen LogP contribution in [0.4, 0.5) is 10.5 Å². The SMILES string of the molecule is C[C@@H](c1nc2ccc(C(=O)O)cc2n1C)N1C(=O)CN(c2ccc(Oc3ccccc3)cc2)C1=O. The van der Waals surface area contributed by atoms with E-state index < -0.39 is 18.0 Å². The fourth-order valence-corrected chi connectivity index (χ4v) is 4.25. The number of urea groups is 1. The molecule has 176 valence electrons. The number of hydrogen-bond donors (Lipinski definition) is 1. The molecule has 0 saturated carbocycles. The number of imide groups is 1. The lowest BCUT2D eigenvalue weighted by Crippen LogP contribution is -2.36. The van der Waals surface area contributed by atoms with Crippen molar-refractivity contribution in [3.05, 3.63) is 84.2 Å². The third kappa shape index (κ3) is 3.97. The van der Waals surface area contributed by atoms with Gasteiger partial charge in [0.05, 0.1) is 22.6 Å². The van der Waals surface area contributed by atoms with Gasteiger partial charge in [-0.15, -0.1) is 0 Å². The van der Waals surface area contributed by atoms with Crippen molar-refractivity contribution in [1.82, 2.24) is 14.5 Å². The van der Waals surface area contributed by atoms with Crippen LogP contribution in [0.1, 0.15) is 29.1 Å². The molecule has 9 nitrogen and oxygen atoms in total. The van der Waals surface area contributed by atoms with Crippen LogP contribution in [-0.2, 0) is 11.8 Å². The molecule has 3 aromatic carbocycles. The van der Waals surface area contributed by atoms with E-state index >= 15 is 0 Å². The molecule has 9 heteroatoms. The Morgan fingerprint density at radius 3 is 2.37 bits per heavy atom. The first-order valence-electron chi connectivity index (χ1n) is 11.0. The number of benzene rings is 3. The van der Waals surface area contributed by atoms with Crippen molar-refractivity contribution in [2.75, 3.05) is 11.4 Å². The number of hydrogen-bond acceptors (Lipinski definition) is 5. The van der Waals surface area contributed by atoms with Gasteiger partial charge in [-0.1, -0.05) is 18.2 Å². The summed E-state index contributed by atoms with van der Waals surface area (Å²) in [7, 11) is 1.74. The predicted molar refractivity (Wildman–Crippen MR) is 129 cm³/mol. The van der Waals surface area contributed by atoms with Crippen LogP contribution in [0.5, 0.6) is 11.5 Å². The molecule has 1 atom stereocenters. The number of para-hydroxylation sites is 1. The molecule has 1 N–H and O–H groups in total. The van der Waals surface area contributed by atoms with E-state index in [-0.39, 0.29) is 18.0 Å². The van der Waals surface area contributed by atoms with E-state index in [0.29, 0.717) is 34.0 Å². The smallest absolute Gasteiger partial charge is 0.335 e. The molecular formula is C26H22N4O5. The van der Waals surface area contributed by atoms with Gasteiger partial charge in [-0.25, -0.2) is 14.6 Å². The van der Waals surface area contributed by atoms with Crippen LogP contribution in [-0.4, -0.2) is 44.0 Å². The Kier molecular flexibility index (Phi) is 5.44. The van der Waals surface area contributed by atoms with Crippen molar-refractivity contribution in [2.45, 2.75) is 13.0 Å². The largest absolute Gasteiger partial charge is 0.478 e. The number of carbonyl (C=O) groups excluding carboxylic acids is 2. The van der Waals surface area contributed by atoms with Crippen molar-refractivity contribution < 1.29 is 24.2 Å². The number of fused-ring (bicyclic) bond motifs is 1. The van der Waals surface area contributed by atoms with Crippen molar-refractivity contribution in [2.24, 2.45) is 7.05 Å². The summed E-state index contributed by atoms with van der Waals surface area (Å²) in [6.45, 7) is 1.64. The first-order chi connectivity index (χ1) is 16.8. The van der Waals surface area contributed by atoms with Gasteiger partial charge in [-0.05, 0) is 61.5 Å². The van der Waals surface area contributed by atoms with Gasteiger partial charge in [0.2, 0.25) is 0 Å². The highest BCUT2D eigenvalue weighted by atomic mass is 16.5. The molecule has 0 spiro atoms. The van der Waals surface area contributed by atoms with Crippen LogP contribution >= 0.6 is 0 Å². The van der Waals surface area contributed by atoms with Crippen LogP contribution < -0.4 is 9.64 Å². The predicted octanol–water partition coefficient (Wildman–Crippen LogP) is 4.59. The van der Waals surface area contributed by atoms with Gasteiger partial charge in [-0.2, -0.15) is 0 Å². The number of anilines is 1. The van der Waals surface area contributed by atoms with Crippen LogP contribution in [0.25, 0.3) is 11.0 Å². The quantitative estimate of drug-likeness (QED) is 0.413. The van der Waals surface area contributed by atoms with Crippen molar-refractivity contribution >= 4 is 34.6 Å². The number of imidazole rings is 1. The summed E-state index contributed by atoms with van der Waals surface area (Å²) in [5, 5.41) is 9.28. The Morgan fingerprint density at radius 1 is 1.00 bits per heavy atom. The minimum Gasteiger partial charge on any atom is -0.478 e. The number of aromatic carboxylic acids is 1. The fourth-order valence-electron chi connectivity index (χ4n) is 4.25. The van der Waals surface area contributed by atoms with Crippen LogP contribution in [0.2, 0.25) is 0 Å². The summed E-state index contributed by atoms with van der Waals surface area (Å²) in [5.41, 5.74) is 1.91. The minimum absolute atomic E-state index is 0.0881. The molecule has 35 heavy (non-hydrogen) atoms. The monoisotopic (exact) mass is 470 g/mol. The van der Waals surface area contributed by atoms with Crippen LogP contribution in [0.15, 0.2) is 72.8 Å². The number of rotatable bonds is 6. The molecule has 0 radical (unpaired) electrons. The van der Waals surface area contributed by atoms with Gasteiger partial charge in [0.1, 0.15) is 23.9 Å². The van der Waals surface area contributed by atoms with Crippen molar-refractivity contribution in [3.8, 4) is 11.5 Å². The minimum atomic E-state index is -1.04. The lowest BCUT2D eigenvalue weighted by Gasteiger charge is -2.23. The molecule has 3 amide bonds. The molecule has 0 bridgehead atoms. The number of amides is 3. The fraction of sp³-hybridized carbons (Fsp3) is 0.154. The second-order valence-electron chi connectivity index (χ2n) is 8.26. The summed E-state index contributed by atoms with van der Waals surface area (Å²) in [5.74, 6) is 0.417. The zero-order valence-electron chi connectivity index (χ0n) is 19.1. The van der Waals surface area contributed by atoms with Gasteiger partial charge < -0.3 is 14.4 Å². The first-order valence-corrected chi connectivity index (χ1v) is 11.0. The summed E-state index contributed by atoms with van der Waals surface area (Å²) < 4.78 is 7.51. The van der Waals surface area contributed by atoms with Gasteiger partial charge in [-0.3, -0.25) is 14.6 Å². The van der Waals surface area contributed by atoms with Crippen LogP contribution in [0, 0.1) is 0 Å². The zero-order valence-corrected chi connectivity index (χ0v) is 19.1. The third-order valence-electron chi connectivity index (χ3n) is 6.05. The highest BCUT2D eigenvalue weighted by Gasteiger charge is 2.41. The summed E-state index contributed by atoms with van der Waals surface area (Å²) in [6, 6.07) is 19.9. The number of carboxylic acid groups (broad SMARTS) is 1. The average Bonchev–Trinajstić information content (AvgIpc) is 3.35. The lowest BCUT2D eigenvalue weighted by molar-refractivity contribution is -0.126. The van der Waals surface area contributed by atoms with E-state index in [0.717, 1.165) is 0 Å². The second kappa shape index (κ2) is 8.60. The number of aryl methyl sites for hydroxylation is 1. The molecule has 1 aromatic heterocycles. The molecule has 0 unspecified atom stereocenters. The van der Waals surface area contributed by atoms with Gasteiger partial charge in [0, 0.05) is 12.7 Å². The number of ether oxygens (including phenoxy) is 1. The number of carboxylic acids is 1. The highest BCUT2D eigenvalue weighted by molar-refractivity contribution is 6.12. The normalized spacial score (nSPS) is 14.6. The number of aromatic nitrogens is 2. The Balaban J connectivity index is 1.38. The molecular weight excluding hydrogens is 448 g/mol. The number of nitrogens with zero attached hydrogens (tertiary/aromatic N) is 4. The highest BCUT2D eigenvalue weighted by Crippen LogP contribution is 2.31. The maximum Gasteiger partial charge on any atom is 0.335 e. The standard InChI is InChI=1S/C26H22N4O5/c1-16(24-27-21-13-8-17(25(32)33)14-22(21)28(24)2)30-23(31)15-29(26(30)34)18-9-11-20(12-10-18)35-19-6-4-3-5-7-19/h3-14,16H,15H2,1-2H3,(H,32,33)/t16-/m0/s1. The van der Waals surface area contributed by atoms with Gasteiger partial charge >= 0.3 is 12.0 Å². The molecule has 1 aliphatic rings. The Morgan fingerprint density at radius 2 is 1.69 bits per heavy atom. The summed E-state index contributed by atoms with van der Waals surface area (Å²) >= 11 is 0. The molecule has 1 aliphatic heterocycles. The van der Waals surface area contributed by atoms with Crippen molar-refractivity contribution in [3.63, 3.8) is 0 Å². The lowest BCUT2D eigenvalue weighted by atomic mass is 10.2. The van der Waals surface area contributed by atoms with Gasteiger partial charge in [0.15, 0.2) is 0 Å². The second-order valence-corrected chi connectivity index (χ2v) is 8.26. The Bertz CT molecular complexity index is 1450. The third-order valence-corrected chi connectivity index (χ3v) is 6.05. The van der Waals surface area contributed by atoms with Gasteiger partial charge in [0.25, 0.3) is 5.91 Å². The molecule has 5 rings (SSSR count). The van der Waals surface area contributed by atoms with E-state index in [1.807, 2.05) is 30.3 Å². The molecule has 1 fully saturated rings. The molecule has 2 heterocycles. The van der Waals surface area contributed by atoms with Crippen molar-refractivity contribution in [1.29, 1.82) is 0 Å². The zero-order chi connectivity index (χ0) is 24.7. The maximum atomic E-state index is 13.3.